The maximum Gasteiger partial charge on any atom is 0.192 e. The lowest BCUT2D eigenvalue weighted by molar-refractivity contribution is 0.164. The molecule has 23 heavy (non-hydrogen) atoms. The van der Waals surface area contributed by atoms with E-state index in [1.165, 1.54) is 0 Å². The van der Waals surface area contributed by atoms with Crippen LogP contribution in [0.3, 0.4) is 0 Å². The average molecular weight is 319 g/mol. The molecule has 0 saturated carbocycles. The molecule has 0 radical (unpaired) electrons. The van der Waals surface area contributed by atoms with Crippen molar-refractivity contribution < 1.29 is 4.52 Å². The molecule has 8 heteroatoms. The number of likely N-dealkylation sites (N-methyl/N-ethyl adjacent to an activating group) is 1. The molecule has 0 bridgehead atoms. The van der Waals surface area contributed by atoms with Gasteiger partial charge in [0.1, 0.15) is 17.4 Å². The van der Waals surface area contributed by atoms with E-state index in [0.29, 0.717) is 18.0 Å². The van der Waals surface area contributed by atoms with Crippen LogP contribution in [0.5, 0.6) is 0 Å². The van der Waals surface area contributed by atoms with E-state index in [-0.39, 0.29) is 0 Å². The van der Waals surface area contributed by atoms with Gasteiger partial charge in [-0.05, 0) is 13.5 Å². The number of nitrogens with two attached hydrogens (primary N) is 2. The van der Waals surface area contributed by atoms with Crippen LogP contribution in [0.15, 0.2) is 27.5 Å². The SMILES string of the molecule is CCc1cc(CC2(N)N=C(N)C=C(N3CCN(C)CC3)N2)on1. The molecule has 2 aliphatic rings. The summed E-state index contributed by atoms with van der Waals surface area (Å²) in [5, 5.41) is 7.31. The lowest BCUT2D eigenvalue weighted by Gasteiger charge is -2.40. The molecular formula is C15H25N7O. The highest BCUT2D eigenvalue weighted by Gasteiger charge is 2.32. The maximum absolute atomic E-state index is 6.41. The summed E-state index contributed by atoms with van der Waals surface area (Å²) >= 11 is 0. The summed E-state index contributed by atoms with van der Waals surface area (Å²) in [5.41, 5.74) is 13.3. The Labute approximate surface area is 136 Å². The Bertz CT molecular complexity index is 615. The summed E-state index contributed by atoms with van der Waals surface area (Å²) in [6.45, 7) is 5.91. The van der Waals surface area contributed by atoms with Crippen molar-refractivity contribution in [2.75, 3.05) is 33.2 Å². The van der Waals surface area contributed by atoms with Crippen LogP contribution in [-0.2, 0) is 12.8 Å². The first kappa shape index (κ1) is 15.8. The summed E-state index contributed by atoms with van der Waals surface area (Å²) in [7, 11) is 2.12. The molecule has 8 nitrogen and oxygen atoms in total. The minimum Gasteiger partial charge on any atom is -0.384 e. The van der Waals surface area contributed by atoms with Gasteiger partial charge in [0, 0.05) is 38.3 Å². The van der Waals surface area contributed by atoms with Gasteiger partial charge in [-0.1, -0.05) is 12.1 Å². The standard InChI is InChI=1S/C15H25N7O/c1-3-11-8-12(23-20-11)10-15(17)18-13(16)9-14(19-15)22-6-4-21(2)5-7-22/h8-9,19H,3-7,10,17H2,1-2H3,(H2,16,18). The molecule has 1 fully saturated rings. The van der Waals surface area contributed by atoms with Crippen LogP contribution in [0.4, 0.5) is 0 Å². The zero-order valence-corrected chi connectivity index (χ0v) is 13.7. The number of hydrogen-bond donors (Lipinski definition) is 3. The Morgan fingerprint density at radius 3 is 2.74 bits per heavy atom. The number of rotatable bonds is 4. The molecule has 3 rings (SSSR count). The van der Waals surface area contributed by atoms with E-state index in [4.69, 9.17) is 16.0 Å². The van der Waals surface area contributed by atoms with Crippen LogP contribution in [0.2, 0.25) is 0 Å². The highest BCUT2D eigenvalue weighted by atomic mass is 16.5. The first-order valence-electron chi connectivity index (χ1n) is 7.99. The Balaban J connectivity index is 1.72. The minimum absolute atomic E-state index is 0.395. The van der Waals surface area contributed by atoms with Crippen molar-refractivity contribution in [1.29, 1.82) is 0 Å². The number of nitrogens with zero attached hydrogens (tertiary/aromatic N) is 4. The van der Waals surface area contributed by atoms with Crippen molar-refractivity contribution in [3.8, 4) is 0 Å². The number of aryl methyl sites for hydroxylation is 1. The molecule has 5 N–H and O–H groups in total. The van der Waals surface area contributed by atoms with Crippen molar-refractivity contribution >= 4 is 5.84 Å². The zero-order valence-electron chi connectivity index (χ0n) is 13.7. The topological polar surface area (TPSA) is 109 Å². The first-order chi connectivity index (χ1) is 11.0. The van der Waals surface area contributed by atoms with Crippen molar-refractivity contribution in [3.05, 3.63) is 29.4 Å². The molecule has 126 valence electrons. The molecule has 0 aromatic carbocycles. The van der Waals surface area contributed by atoms with Crippen molar-refractivity contribution in [2.45, 2.75) is 25.6 Å². The normalized spacial score (nSPS) is 25.8. The summed E-state index contributed by atoms with van der Waals surface area (Å²) in [6, 6.07) is 1.91. The molecule has 0 aliphatic carbocycles. The number of nitrogens with one attached hydrogen (secondary N) is 1. The zero-order chi connectivity index (χ0) is 16.4. The van der Waals surface area contributed by atoms with Crippen molar-refractivity contribution in [3.63, 3.8) is 0 Å². The Morgan fingerprint density at radius 2 is 2.09 bits per heavy atom. The van der Waals surface area contributed by atoms with Crippen molar-refractivity contribution in [2.24, 2.45) is 16.5 Å². The van der Waals surface area contributed by atoms with E-state index >= 15 is 0 Å². The van der Waals surface area contributed by atoms with Crippen LogP contribution < -0.4 is 16.8 Å². The van der Waals surface area contributed by atoms with Gasteiger partial charge in [-0.25, -0.2) is 4.99 Å². The van der Waals surface area contributed by atoms with Crippen LogP contribution in [0.1, 0.15) is 18.4 Å². The van der Waals surface area contributed by atoms with Crippen molar-refractivity contribution in [1.82, 2.24) is 20.3 Å². The third kappa shape index (κ3) is 3.65. The molecule has 3 heterocycles. The second kappa shape index (κ2) is 6.21. The Hall–Kier alpha value is -2.06. The Morgan fingerprint density at radius 1 is 1.35 bits per heavy atom. The summed E-state index contributed by atoms with van der Waals surface area (Å²) < 4.78 is 5.33. The molecule has 1 unspecified atom stereocenters. The van der Waals surface area contributed by atoms with Gasteiger partial charge in [0.05, 0.1) is 12.1 Å². The number of hydrogen-bond acceptors (Lipinski definition) is 8. The molecule has 1 aromatic rings. The van der Waals surface area contributed by atoms with Crippen LogP contribution in [0, 0.1) is 0 Å². The van der Waals surface area contributed by atoms with Crippen LogP contribution in [-0.4, -0.2) is 59.8 Å². The molecule has 2 aliphatic heterocycles. The van der Waals surface area contributed by atoms with Crippen LogP contribution >= 0.6 is 0 Å². The third-order valence-corrected chi connectivity index (χ3v) is 4.22. The van der Waals surface area contributed by atoms with E-state index in [0.717, 1.165) is 44.1 Å². The molecule has 0 spiro atoms. The summed E-state index contributed by atoms with van der Waals surface area (Å²) in [4.78, 5) is 8.91. The van der Waals surface area contributed by atoms with E-state index < -0.39 is 5.79 Å². The van der Waals surface area contributed by atoms with E-state index in [9.17, 15) is 0 Å². The molecule has 0 amide bonds. The predicted molar refractivity (Wildman–Crippen MR) is 88.4 cm³/mol. The quantitative estimate of drug-likeness (QED) is 0.682. The van der Waals surface area contributed by atoms with Gasteiger partial charge in [0.15, 0.2) is 5.79 Å². The fourth-order valence-corrected chi connectivity index (χ4v) is 2.86. The first-order valence-corrected chi connectivity index (χ1v) is 7.99. The Kier molecular flexibility index (Phi) is 4.27. The fraction of sp³-hybridized carbons (Fsp3) is 0.600. The summed E-state index contributed by atoms with van der Waals surface area (Å²) in [5.74, 6) is 1.04. The lowest BCUT2D eigenvalue weighted by atomic mass is 10.1. The van der Waals surface area contributed by atoms with Gasteiger partial charge in [-0.3, -0.25) is 5.73 Å². The van der Waals surface area contributed by atoms with Gasteiger partial charge in [0.2, 0.25) is 0 Å². The largest absolute Gasteiger partial charge is 0.384 e. The third-order valence-electron chi connectivity index (χ3n) is 4.22. The lowest BCUT2D eigenvalue weighted by Crippen LogP contribution is -2.60. The van der Waals surface area contributed by atoms with Gasteiger partial charge < -0.3 is 25.4 Å². The predicted octanol–water partition coefficient (Wildman–Crippen LogP) is -0.559. The number of piperazine rings is 1. The minimum atomic E-state index is -1.01. The highest BCUT2D eigenvalue weighted by molar-refractivity contribution is 5.92. The highest BCUT2D eigenvalue weighted by Crippen LogP contribution is 2.19. The monoisotopic (exact) mass is 319 g/mol. The van der Waals surface area contributed by atoms with Crippen LogP contribution in [0.25, 0.3) is 0 Å². The summed E-state index contributed by atoms with van der Waals surface area (Å²) in [6.07, 6.45) is 3.06. The van der Waals surface area contributed by atoms with E-state index in [2.05, 4.69) is 32.3 Å². The average Bonchev–Trinajstić information content (AvgIpc) is 2.94. The van der Waals surface area contributed by atoms with Gasteiger partial charge in [0.25, 0.3) is 0 Å². The maximum atomic E-state index is 6.41. The number of aromatic nitrogens is 1. The number of aliphatic imine (C=N–C) groups is 1. The second-order valence-electron chi connectivity index (χ2n) is 6.22. The molecule has 1 atom stereocenters. The van der Waals surface area contributed by atoms with E-state index in [1.54, 1.807) is 0 Å². The molecule has 1 saturated heterocycles. The number of amidine groups is 1. The fourth-order valence-electron chi connectivity index (χ4n) is 2.86. The van der Waals surface area contributed by atoms with Gasteiger partial charge >= 0.3 is 0 Å². The van der Waals surface area contributed by atoms with Gasteiger partial charge in [-0.15, -0.1) is 0 Å². The van der Waals surface area contributed by atoms with Gasteiger partial charge in [-0.2, -0.15) is 0 Å². The van der Waals surface area contributed by atoms with E-state index in [1.807, 2.05) is 19.1 Å². The second-order valence-corrected chi connectivity index (χ2v) is 6.22. The molecule has 1 aromatic heterocycles. The molecular weight excluding hydrogens is 294 g/mol. The smallest absolute Gasteiger partial charge is 0.192 e.